The summed E-state index contributed by atoms with van der Waals surface area (Å²) in [6.45, 7) is 0. The van der Waals surface area contributed by atoms with Crippen molar-refractivity contribution >= 4 is 17.8 Å². The molecule has 3 nitrogen and oxygen atoms in total. The molecule has 2 atom stereocenters. The van der Waals surface area contributed by atoms with E-state index in [0.717, 1.165) is 18.1 Å². The highest BCUT2D eigenvalue weighted by Gasteiger charge is 2.22. The second-order valence-corrected chi connectivity index (χ2v) is 5.20. The molecule has 0 bridgehead atoms. The Hall–Kier alpha value is -0.380. The minimum absolute atomic E-state index is 0.0387. The van der Waals surface area contributed by atoms with Crippen molar-refractivity contribution in [3.8, 4) is 0 Å². The largest absolute Gasteiger partial charge is 0.335 e. The van der Waals surface area contributed by atoms with Crippen LogP contribution in [0.25, 0.3) is 0 Å². The van der Waals surface area contributed by atoms with Gasteiger partial charge in [0.15, 0.2) is 0 Å². The number of amides is 2. The van der Waals surface area contributed by atoms with Gasteiger partial charge in [0.2, 0.25) is 0 Å². The van der Waals surface area contributed by atoms with Gasteiger partial charge in [-0.15, -0.1) is 0 Å². The molecule has 0 aromatic heterocycles. The van der Waals surface area contributed by atoms with E-state index in [1.807, 2.05) is 11.8 Å². The predicted molar refractivity (Wildman–Crippen MR) is 61.8 cm³/mol. The first kappa shape index (κ1) is 11.7. The first-order valence-electron chi connectivity index (χ1n) is 5.14. The van der Waals surface area contributed by atoms with Crippen LogP contribution in [0, 0.1) is 0 Å². The lowest BCUT2D eigenvalue weighted by molar-refractivity contribution is 0.209. The van der Waals surface area contributed by atoms with Gasteiger partial charge in [0.25, 0.3) is 0 Å². The van der Waals surface area contributed by atoms with Gasteiger partial charge in [0.1, 0.15) is 0 Å². The number of nitrogens with zero attached hydrogens (tertiary/aromatic N) is 1. The minimum atomic E-state index is 0.0387. The molecule has 0 radical (unpaired) electrons. The zero-order valence-electron chi connectivity index (χ0n) is 9.25. The monoisotopic (exact) mass is 216 g/mol. The van der Waals surface area contributed by atoms with E-state index in [1.165, 1.54) is 12.8 Å². The number of carbonyl (C=O) groups is 1. The fourth-order valence-corrected chi connectivity index (χ4v) is 2.62. The van der Waals surface area contributed by atoms with Gasteiger partial charge in [-0.1, -0.05) is 6.42 Å². The Morgan fingerprint density at radius 1 is 1.43 bits per heavy atom. The van der Waals surface area contributed by atoms with Crippen molar-refractivity contribution in [3.63, 3.8) is 0 Å². The van der Waals surface area contributed by atoms with Crippen LogP contribution in [0.4, 0.5) is 4.79 Å². The summed E-state index contributed by atoms with van der Waals surface area (Å²) < 4.78 is 0. The second kappa shape index (κ2) is 5.49. The molecular weight excluding hydrogens is 196 g/mol. The Morgan fingerprint density at radius 2 is 2.14 bits per heavy atom. The smallest absolute Gasteiger partial charge is 0.317 e. The van der Waals surface area contributed by atoms with Gasteiger partial charge in [-0.05, 0) is 25.5 Å². The summed E-state index contributed by atoms with van der Waals surface area (Å²) in [5, 5.41) is 3.79. The summed E-state index contributed by atoms with van der Waals surface area (Å²) in [5.41, 5.74) is 0. The molecule has 1 fully saturated rings. The molecule has 0 saturated heterocycles. The molecular formula is C10H20N2OS. The molecule has 82 valence electrons. The van der Waals surface area contributed by atoms with E-state index < -0.39 is 0 Å². The minimum Gasteiger partial charge on any atom is -0.335 e. The Labute approximate surface area is 90.6 Å². The molecule has 1 aliphatic carbocycles. The van der Waals surface area contributed by atoms with Crippen LogP contribution in [0.5, 0.6) is 0 Å². The van der Waals surface area contributed by atoms with Crippen molar-refractivity contribution < 1.29 is 4.79 Å². The van der Waals surface area contributed by atoms with Crippen LogP contribution in [0.15, 0.2) is 0 Å². The Kier molecular flexibility index (Phi) is 4.58. The van der Waals surface area contributed by atoms with Crippen LogP contribution in [0.1, 0.15) is 25.7 Å². The molecule has 0 aromatic carbocycles. The lowest BCUT2D eigenvalue weighted by atomic mass is 9.95. The summed E-state index contributed by atoms with van der Waals surface area (Å²) in [7, 11) is 3.56. The van der Waals surface area contributed by atoms with Crippen molar-refractivity contribution in [3.05, 3.63) is 0 Å². The van der Waals surface area contributed by atoms with Crippen LogP contribution in [0.2, 0.25) is 0 Å². The average Bonchev–Trinajstić information content (AvgIpc) is 2.18. The van der Waals surface area contributed by atoms with Gasteiger partial charge in [0.05, 0.1) is 0 Å². The zero-order chi connectivity index (χ0) is 10.6. The lowest BCUT2D eigenvalue weighted by Gasteiger charge is -2.29. The number of nitrogens with one attached hydrogen (secondary N) is 1. The second-order valence-electron chi connectivity index (χ2n) is 4.07. The third-order valence-electron chi connectivity index (χ3n) is 2.69. The van der Waals surface area contributed by atoms with Crippen LogP contribution < -0.4 is 5.32 Å². The number of urea groups is 1. The molecule has 2 amide bonds. The zero-order valence-corrected chi connectivity index (χ0v) is 10.1. The first-order chi connectivity index (χ1) is 6.63. The molecule has 4 heteroatoms. The highest BCUT2D eigenvalue weighted by Crippen LogP contribution is 2.26. The first-order valence-corrected chi connectivity index (χ1v) is 6.43. The topological polar surface area (TPSA) is 32.3 Å². The van der Waals surface area contributed by atoms with Gasteiger partial charge in [-0.25, -0.2) is 4.79 Å². The molecule has 0 aromatic rings. The highest BCUT2D eigenvalue weighted by atomic mass is 32.2. The Bertz CT molecular complexity index is 197. The van der Waals surface area contributed by atoms with Gasteiger partial charge >= 0.3 is 6.03 Å². The van der Waals surface area contributed by atoms with Crippen molar-refractivity contribution in [1.29, 1.82) is 0 Å². The summed E-state index contributed by atoms with van der Waals surface area (Å²) >= 11 is 1.92. The fourth-order valence-electron chi connectivity index (χ4n) is 1.79. The van der Waals surface area contributed by atoms with Gasteiger partial charge in [0, 0.05) is 25.4 Å². The maximum Gasteiger partial charge on any atom is 0.317 e. The number of rotatable bonds is 2. The highest BCUT2D eigenvalue weighted by molar-refractivity contribution is 7.99. The van der Waals surface area contributed by atoms with Crippen LogP contribution >= 0.6 is 11.8 Å². The fraction of sp³-hybridized carbons (Fsp3) is 0.900. The average molecular weight is 216 g/mol. The van der Waals surface area contributed by atoms with Crippen molar-refractivity contribution in [2.75, 3.05) is 20.4 Å². The third kappa shape index (κ3) is 3.40. The quantitative estimate of drug-likeness (QED) is 0.765. The Morgan fingerprint density at radius 3 is 2.71 bits per heavy atom. The number of thioether (sulfide) groups is 1. The SMILES string of the molecule is CSC1CCCC(NC(=O)N(C)C)C1. The molecule has 2 unspecified atom stereocenters. The van der Waals surface area contributed by atoms with Crippen molar-refractivity contribution in [1.82, 2.24) is 10.2 Å². The van der Waals surface area contributed by atoms with Crippen LogP contribution in [-0.4, -0.2) is 42.6 Å². The molecule has 14 heavy (non-hydrogen) atoms. The van der Waals surface area contributed by atoms with Crippen molar-refractivity contribution in [2.24, 2.45) is 0 Å². The molecule has 0 spiro atoms. The Balaban J connectivity index is 2.34. The lowest BCUT2D eigenvalue weighted by Crippen LogP contribution is -2.43. The third-order valence-corrected chi connectivity index (χ3v) is 3.79. The van der Waals surface area contributed by atoms with E-state index in [0.29, 0.717) is 6.04 Å². The van der Waals surface area contributed by atoms with E-state index in [-0.39, 0.29) is 6.03 Å². The molecule has 0 aliphatic heterocycles. The summed E-state index contributed by atoms with van der Waals surface area (Å²) in [6.07, 6.45) is 6.96. The molecule has 1 N–H and O–H groups in total. The van der Waals surface area contributed by atoms with E-state index in [4.69, 9.17) is 0 Å². The number of hydrogen-bond donors (Lipinski definition) is 1. The summed E-state index contributed by atoms with van der Waals surface area (Å²) in [5.74, 6) is 0. The van der Waals surface area contributed by atoms with Gasteiger partial charge in [-0.3, -0.25) is 0 Å². The van der Waals surface area contributed by atoms with Gasteiger partial charge < -0.3 is 10.2 Å². The predicted octanol–water partition coefficient (Wildman–Crippen LogP) is 1.93. The standard InChI is InChI=1S/C10H20N2OS/c1-12(2)10(13)11-8-5-4-6-9(7-8)14-3/h8-9H,4-7H2,1-3H3,(H,11,13). The molecule has 1 rings (SSSR count). The van der Waals surface area contributed by atoms with E-state index in [9.17, 15) is 4.79 Å². The number of hydrogen-bond acceptors (Lipinski definition) is 2. The molecule has 1 saturated carbocycles. The molecule has 0 heterocycles. The molecule has 1 aliphatic rings. The van der Waals surface area contributed by atoms with E-state index >= 15 is 0 Å². The van der Waals surface area contributed by atoms with Crippen LogP contribution in [-0.2, 0) is 0 Å². The van der Waals surface area contributed by atoms with Crippen molar-refractivity contribution in [2.45, 2.75) is 37.0 Å². The maximum absolute atomic E-state index is 11.4. The summed E-state index contributed by atoms with van der Waals surface area (Å²) in [6, 6.07) is 0.424. The normalized spacial score (nSPS) is 27.1. The van der Waals surface area contributed by atoms with E-state index in [2.05, 4.69) is 11.6 Å². The summed E-state index contributed by atoms with van der Waals surface area (Å²) in [4.78, 5) is 13.0. The maximum atomic E-state index is 11.4. The van der Waals surface area contributed by atoms with Gasteiger partial charge in [-0.2, -0.15) is 11.8 Å². The van der Waals surface area contributed by atoms with E-state index in [1.54, 1.807) is 19.0 Å². The van der Waals surface area contributed by atoms with Crippen LogP contribution in [0.3, 0.4) is 0 Å². The number of carbonyl (C=O) groups excluding carboxylic acids is 1.